The minimum Gasteiger partial charge on any atom is -0.469 e. The minimum absolute atomic E-state index is 0.236. The first-order chi connectivity index (χ1) is 13.4. The number of unbranched alkanes of at least 4 members (excludes halogenated alkanes) is 1. The van der Waals surface area contributed by atoms with Gasteiger partial charge in [0.2, 0.25) is 0 Å². The van der Waals surface area contributed by atoms with Crippen LogP contribution in [-0.4, -0.2) is 22.9 Å². The van der Waals surface area contributed by atoms with Gasteiger partial charge in [-0.15, -0.1) is 0 Å². The highest BCUT2D eigenvalue weighted by Gasteiger charge is 2.31. The largest absolute Gasteiger partial charge is 0.469 e. The van der Waals surface area contributed by atoms with E-state index in [1.807, 2.05) is 12.2 Å². The summed E-state index contributed by atoms with van der Waals surface area (Å²) in [6.07, 6.45) is 4.95. The van der Waals surface area contributed by atoms with E-state index in [1.165, 1.54) is 13.2 Å². The van der Waals surface area contributed by atoms with E-state index in [1.54, 1.807) is 10.7 Å². The van der Waals surface area contributed by atoms with Crippen molar-refractivity contribution in [1.29, 1.82) is 0 Å². The van der Waals surface area contributed by atoms with Crippen LogP contribution in [-0.2, 0) is 28.5 Å². The van der Waals surface area contributed by atoms with E-state index in [9.17, 15) is 18.0 Å². The Bertz CT molecular complexity index is 869. The second-order valence-corrected chi connectivity index (χ2v) is 6.85. The molecule has 0 unspecified atom stereocenters. The predicted molar refractivity (Wildman–Crippen MR) is 100 cm³/mol. The summed E-state index contributed by atoms with van der Waals surface area (Å²) in [6.45, 7) is 0. The van der Waals surface area contributed by atoms with Gasteiger partial charge in [0.25, 0.3) is 0 Å². The highest BCUT2D eigenvalue weighted by Crippen LogP contribution is 2.32. The van der Waals surface area contributed by atoms with Crippen molar-refractivity contribution in [3.05, 3.63) is 52.9 Å². The molecule has 0 atom stereocenters. The van der Waals surface area contributed by atoms with Crippen LogP contribution in [0.3, 0.4) is 0 Å². The van der Waals surface area contributed by atoms with Gasteiger partial charge in [0.15, 0.2) is 0 Å². The van der Waals surface area contributed by atoms with Crippen LogP contribution in [0.2, 0.25) is 0 Å². The summed E-state index contributed by atoms with van der Waals surface area (Å²) in [5.41, 5.74) is 2.64. The van der Waals surface area contributed by atoms with Gasteiger partial charge in [0.1, 0.15) is 0 Å². The lowest BCUT2D eigenvalue weighted by molar-refractivity contribution is -0.140. The maximum absolute atomic E-state index is 13.1. The first-order valence-electron chi connectivity index (χ1n) is 9.42. The molecule has 0 spiro atoms. The van der Waals surface area contributed by atoms with Crippen LogP contribution < -0.4 is 0 Å². The lowest BCUT2D eigenvalue weighted by Crippen LogP contribution is -2.10. The van der Waals surface area contributed by atoms with Gasteiger partial charge in [-0.2, -0.15) is 18.3 Å². The number of fused-ring (bicyclic) bond motifs is 1. The molecule has 0 amide bonds. The van der Waals surface area contributed by atoms with Gasteiger partial charge in [-0.3, -0.25) is 4.79 Å². The smallest absolute Gasteiger partial charge is 0.416 e. The van der Waals surface area contributed by atoms with Gasteiger partial charge in [-0.25, -0.2) is 4.68 Å². The summed E-state index contributed by atoms with van der Waals surface area (Å²) in [5, 5.41) is 4.61. The van der Waals surface area contributed by atoms with Gasteiger partial charge >= 0.3 is 12.1 Å². The van der Waals surface area contributed by atoms with Crippen molar-refractivity contribution in [2.24, 2.45) is 0 Å². The number of aromatic nitrogens is 2. The van der Waals surface area contributed by atoms with Crippen molar-refractivity contribution in [2.45, 2.75) is 51.1 Å². The molecule has 0 fully saturated rings. The fourth-order valence-corrected chi connectivity index (χ4v) is 3.45. The fraction of sp³-hybridized carbons (Fsp3) is 0.429. The van der Waals surface area contributed by atoms with E-state index >= 15 is 0 Å². The number of halogens is 3. The van der Waals surface area contributed by atoms with Crippen LogP contribution >= 0.6 is 0 Å². The molecule has 3 rings (SSSR count). The third kappa shape index (κ3) is 4.64. The van der Waals surface area contributed by atoms with E-state index < -0.39 is 11.7 Å². The number of esters is 1. The van der Waals surface area contributed by atoms with Crippen LogP contribution in [0.1, 0.15) is 54.6 Å². The van der Waals surface area contributed by atoms with Crippen LogP contribution in [0.25, 0.3) is 11.8 Å². The van der Waals surface area contributed by atoms with Crippen LogP contribution in [0.4, 0.5) is 13.2 Å². The third-order valence-electron chi connectivity index (χ3n) is 4.88. The van der Waals surface area contributed by atoms with Crippen molar-refractivity contribution >= 4 is 12.0 Å². The molecule has 4 nitrogen and oxygen atoms in total. The highest BCUT2D eigenvalue weighted by atomic mass is 19.4. The molecule has 1 heterocycles. The van der Waals surface area contributed by atoms with Gasteiger partial charge in [-0.05, 0) is 62.8 Å². The molecule has 1 aromatic carbocycles. The summed E-state index contributed by atoms with van der Waals surface area (Å²) in [6, 6.07) is 5.28. The Labute approximate surface area is 162 Å². The SMILES string of the molecule is COC(=O)CCC/C=C\c1nn(-c2cccc(C(F)(F)F)c2)c2c1CCCC2. The maximum atomic E-state index is 13.1. The number of allylic oxidation sites excluding steroid dienone is 1. The zero-order chi connectivity index (χ0) is 20.1. The van der Waals surface area contributed by atoms with Crippen LogP contribution in [0, 0.1) is 0 Å². The molecule has 0 saturated heterocycles. The average molecular weight is 392 g/mol. The molecule has 0 aliphatic heterocycles. The van der Waals surface area contributed by atoms with Gasteiger partial charge in [0.05, 0.1) is 24.1 Å². The van der Waals surface area contributed by atoms with Crippen molar-refractivity contribution in [3.63, 3.8) is 0 Å². The highest BCUT2D eigenvalue weighted by molar-refractivity contribution is 5.69. The Morgan fingerprint density at radius 3 is 2.82 bits per heavy atom. The topological polar surface area (TPSA) is 44.1 Å². The Balaban J connectivity index is 1.85. The molecule has 28 heavy (non-hydrogen) atoms. The number of alkyl halides is 3. The molecule has 1 aliphatic carbocycles. The Hall–Kier alpha value is -2.57. The summed E-state index contributed by atoms with van der Waals surface area (Å²) in [7, 11) is 1.37. The second-order valence-electron chi connectivity index (χ2n) is 6.85. The van der Waals surface area contributed by atoms with Gasteiger partial charge < -0.3 is 4.74 Å². The molecule has 0 radical (unpaired) electrons. The quantitative estimate of drug-likeness (QED) is 0.506. The molecule has 1 aromatic heterocycles. The van der Waals surface area contributed by atoms with E-state index in [-0.39, 0.29) is 5.97 Å². The Morgan fingerprint density at radius 2 is 2.07 bits per heavy atom. The maximum Gasteiger partial charge on any atom is 0.416 e. The first-order valence-corrected chi connectivity index (χ1v) is 9.42. The number of nitrogens with zero attached hydrogens (tertiary/aromatic N) is 2. The van der Waals surface area contributed by atoms with E-state index in [0.717, 1.165) is 54.8 Å². The van der Waals surface area contributed by atoms with Crippen molar-refractivity contribution in [1.82, 2.24) is 9.78 Å². The standard InChI is InChI=1S/C21H23F3N2O2/c1-28-20(27)13-4-2-3-11-18-17-10-5-6-12-19(17)26(25-18)16-9-7-8-15(14-16)21(22,23)24/h3,7-9,11,14H,2,4-6,10,12-13H2,1H3/b11-3-. The molecule has 150 valence electrons. The normalized spacial score (nSPS) is 14.3. The van der Waals surface area contributed by atoms with Gasteiger partial charge in [-0.1, -0.05) is 12.1 Å². The number of methoxy groups -OCH3 is 1. The number of benzene rings is 1. The Kier molecular flexibility index (Phi) is 6.21. The zero-order valence-corrected chi connectivity index (χ0v) is 15.8. The number of hydrogen-bond donors (Lipinski definition) is 0. The molecular formula is C21H23F3N2O2. The van der Waals surface area contributed by atoms with Crippen molar-refractivity contribution < 1.29 is 22.7 Å². The van der Waals surface area contributed by atoms with E-state index in [0.29, 0.717) is 24.9 Å². The summed E-state index contributed by atoms with van der Waals surface area (Å²) >= 11 is 0. The second kappa shape index (κ2) is 8.63. The third-order valence-corrected chi connectivity index (χ3v) is 4.88. The molecule has 7 heteroatoms. The number of hydrogen-bond acceptors (Lipinski definition) is 3. The van der Waals surface area contributed by atoms with Crippen LogP contribution in [0.15, 0.2) is 30.3 Å². The summed E-state index contributed by atoms with van der Waals surface area (Å²) in [4.78, 5) is 11.2. The zero-order valence-electron chi connectivity index (χ0n) is 15.8. The molecule has 0 bridgehead atoms. The van der Waals surface area contributed by atoms with E-state index in [4.69, 9.17) is 0 Å². The van der Waals surface area contributed by atoms with Crippen LogP contribution in [0.5, 0.6) is 0 Å². The average Bonchev–Trinajstić information content (AvgIpc) is 3.06. The number of rotatable bonds is 6. The van der Waals surface area contributed by atoms with E-state index in [2.05, 4.69) is 9.84 Å². The fourth-order valence-electron chi connectivity index (χ4n) is 3.45. The first kappa shape index (κ1) is 20.2. The number of carbonyl (C=O) groups is 1. The van der Waals surface area contributed by atoms with Crippen molar-refractivity contribution in [2.75, 3.05) is 7.11 Å². The Morgan fingerprint density at radius 1 is 1.29 bits per heavy atom. The lowest BCUT2D eigenvalue weighted by Gasteiger charge is -2.15. The summed E-state index contributed by atoms with van der Waals surface area (Å²) < 4.78 is 45.5. The minimum atomic E-state index is -4.38. The molecule has 1 aliphatic rings. The lowest BCUT2D eigenvalue weighted by atomic mass is 9.95. The molecule has 2 aromatic rings. The number of ether oxygens (including phenoxy) is 1. The number of carbonyl (C=O) groups excluding carboxylic acids is 1. The molecular weight excluding hydrogens is 369 g/mol. The van der Waals surface area contributed by atoms with Gasteiger partial charge in [0, 0.05) is 17.7 Å². The van der Waals surface area contributed by atoms with Crippen molar-refractivity contribution in [3.8, 4) is 5.69 Å². The predicted octanol–water partition coefficient (Wildman–Crippen LogP) is 5.13. The monoisotopic (exact) mass is 392 g/mol. The molecule has 0 saturated carbocycles. The molecule has 0 N–H and O–H groups in total. The summed E-state index contributed by atoms with van der Waals surface area (Å²) in [5.74, 6) is -0.236.